The molecule has 0 spiro atoms. The fourth-order valence-corrected chi connectivity index (χ4v) is 1.58. The van der Waals surface area contributed by atoms with Crippen molar-refractivity contribution in [2.75, 3.05) is 26.2 Å². The van der Waals surface area contributed by atoms with Crippen molar-refractivity contribution in [3.8, 4) is 0 Å². The van der Waals surface area contributed by atoms with E-state index in [0.29, 0.717) is 19.7 Å². The maximum absolute atomic E-state index is 11.8. The number of morpholine rings is 1. The first-order valence-corrected chi connectivity index (χ1v) is 5.98. The predicted molar refractivity (Wildman–Crippen MR) is 64.5 cm³/mol. The molecule has 98 valence electrons. The normalized spacial score (nSPS) is 21.2. The zero-order valence-electron chi connectivity index (χ0n) is 11.1. The summed E-state index contributed by atoms with van der Waals surface area (Å²) in [6.07, 6.45) is 0.0750. The first-order valence-electron chi connectivity index (χ1n) is 5.98. The highest BCUT2D eigenvalue weighted by molar-refractivity contribution is 5.87. The van der Waals surface area contributed by atoms with Gasteiger partial charge in [-0.15, -0.1) is 0 Å². The molecule has 0 aromatic rings. The van der Waals surface area contributed by atoms with Crippen molar-refractivity contribution in [3.63, 3.8) is 0 Å². The van der Waals surface area contributed by atoms with Gasteiger partial charge in [0.2, 0.25) is 11.8 Å². The van der Waals surface area contributed by atoms with Crippen molar-refractivity contribution >= 4 is 11.8 Å². The van der Waals surface area contributed by atoms with Crippen molar-refractivity contribution in [2.24, 2.45) is 5.41 Å². The van der Waals surface area contributed by atoms with Crippen molar-refractivity contribution in [3.05, 3.63) is 0 Å². The van der Waals surface area contributed by atoms with Gasteiger partial charge in [-0.25, -0.2) is 0 Å². The molecule has 0 aliphatic carbocycles. The third-order valence-electron chi connectivity index (χ3n) is 2.68. The van der Waals surface area contributed by atoms with Gasteiger partial charge in [-0.3, -0.25) is 9.59 Å². The highest BCUT2D eigenvalue weighted by atomic mass is 16.5. The van der Waals surface area contributed by atoms with Gasteiger partial charge in [-0.1, -0.05) is 20.8 Å². The average molecular weight is 242 g/mol. The third-order valence-corrected chi connectivity index (χ3v) is 2.68. The lowest BCUT2D eigenvalue weighted by atomic mass is 9.96. The summed E-state index contributed by atoms with van der Waals surface area (Å²) in [5.74, 6) is -0.148. The summed E-state index contributed by atoms with van der Waals surface area (Å²) >= 11 is 0. The summed E-state index contributed by atoms with van der Waals surface area (Å²) in [5, 5.41) is 2.66. The second kappa shape index (κ2) is 5.49. The van der Waals surface area contributed by atoms with Gasteiger partial charge in [0.15, 0.2) is 0 Å². The molecule has 1 N–H and O–H groups in total. The SMILES string of the molecule is CC1CN(C(=O)CNC(=O)C(C)(C)C)CCO1. The molecule has 1 fully saturated rings. The van der Waals surface area contributed by atoms with Gasteiger partial charge in [0.1, 0.15) is 0 Å². The molecule has 1 rings (SSSR count). The molecule has 5 nitrogen and oxygen atoms in total. The largest absolute Gasteiger partial charge is 0.375 e. The van der Waals surface area contributed by atoms with Crippen LogP contribution in [0.15, 0.2) is 0 Å². The molecular weight excluding hydrogens is 220 g/mol. The van der Waals surface area contributed by atoms with Crippen LogP contribution >= 0.6 is 0 Å². The molecule has 1 saturated heterocycles. The van der Waals surface area contributed by atoms with Crippen LogP contribution < -0.4 is 5.32 Å². The lowest BCUT2D eigenvalue weighted by Crippen LogP contribution is -2.49. The Balaban J connectivity index is 2.37. The Morgan fingerprint density at radius 3 is 2.59 bits per heavy atom. The van der Waals surface area contributed by atoms with Crippen LogP contribution in [0.3, 0.4) is 0 Å². The Kier molecular flexibility index (Phi) is 4.51. The maximum atomic E-state index is 11.8. The fourth-order valence-electron chi connectivity index (χ4n) is 1.58. The lowest BCUT2D eigenvalue weighted by molar-refractivity contribution is -0.140. The molecule has 1 heterocycles. The smallest absolute Gasteiger partial charge is 0.242 e. The van der Waals surface area contributed by atoms with E-state index in [1.807, 2.05) is 27.7 Å². The molecule has 17 heavy (non-hydrogen) atoms. The maximum Gasteiger partial charge on any atom is 0.242 e. The van der Waals surface area contributed by atoms with E-state index in [9.17, 15) is 9.59 Å². The number of carbonyl (C=O) groups excluding carboxylic acids is 2. The first-order chi connectivity index (χ1) is 7.80. The van der Waals surface area contributed by atoms with Crippen LogP contribution in [-0.2, 0) is 14.3 Å². The van der Waals surface area contributed by atoms with E-state index < -0.39 is 5.41 Å². The van der Waals surface area contributed by atoms with Gasteiger partial charge in [-0.05, 0) is 6.92 Å². The minimum absolute atomic E-state index is 0.0437. The number of ether oxygens (including phenoxy) is 1. The second-order valence-corrected chi connectivity index (χ2v) is 5.45. The van der Waals surface area contributed by atoms with E-state index in [0.717, 1.165) is 0 Å². The van der Waals surface area contributed by atoms with E-state index in [1.165, 1.54) is 0 Å². The Labute approximate surface area is 102 Å². The van der Waals surface area contributed by atoms with E-state index in [4.69, 9.17) is 4.74 Å². The Morgan fingerprint density at radius 1 is 1.41 bits per heavy atom. The molecule has 5 heteroatoms. The monoisotopic (exact) mass is 242 g/mol. The van der Waals surface area contributed by atoms with Gasteiger partial charge in [-0.2, -0.15) is 0 Å². The van der Waals surface area contributed by atoms with Crippen LogP contribution in [0.1, 0.15) is 27.7 Å². The molecule has 0 saturated carbocycles. The van der Waals surface area contributed by atoms with Gasteiger partial charge in [0.05, 0.1) is 19.3 Å². The Morgan fingerprint density at radius 2 is 2.06 bits per heavy atom. The van der Waals surface area contributed by atoms with E-state index in [2.05, 4.69) is 5.32 Å². The number of hydrogen-bond acceptors (Lipinski definition) is 3. The predicted octanol–water partition coefficient (Wildman–Crippen LogP) is 0.396. The number of rotatable bonds is 2. The number of nitrogens with one attached hydrogen (secondary N) is 1. The number of carbonyl (C=O) groups is 2. The van der Waals surface area contributed by atoms with Crippen LogP contribution in [-0.4, -0.2) is 49.1 Å². The minimum Gasteiger partial charge on any atom is -0.375 e. The Hall–Kier alpha value is -1.10. The van der Waals surface area contributed by atoms with E-state index >= 15 is 0 Å². The molecule has 1 aliphatic rings. The molecular formula is C12H22N2O3. The summed E-state index contributed by atoms with van der Waals surface area (Å²) in [5.41, 5.74) is -0.460. The van der Waals surface area contributed by atoms with Crippen molar-refractivity contribution < 1.29 is 14.3 Å². The molecule has 0 aromatic carbocycles. The number of nitrogens with zero attached hydrogens (tertiary/aromatic N) is 1. The zero-order valence-corrected chi connectivity index (χ0v) is 11.1. The molecule has 0 radical (unpaired) electrons. The number of hydrogen-bond donors (Lipinski definition) is 1. The van der Waals surface area contributed by atoms with Crippen LogP contribution in [0.2, 0.25) is 0 Å². The lowest BCUT2D eigenvalue weighted by Gasteiger charge is -2.31. The topological polar surface area (TPSA) is 58.6 Å². The molecule has 2 amide bonds. The standard InChI is InChI=1S/C12H22N2O3/c1-9-8-14(5-6-17-9)10(15)7-13-11(16)12(2,3)4/h9H,5-8H2,1-4H3,(H,13,16). The quantitative estimate of drug-likeness (QED) is 0.762. The molecule has 1 unspecified atom stereocenters. The zero-order chi connectivity index (χ0) is 13.1. The fraction of sp³-hybridized carbons (Fsp3) is 0.833. The van der Waals surface area contributed by atoms with Crippen molar-refractivity contribution in [1.29, 1.82) is 0 Å². The summed E-state index contributed by atoms with van der Waals surface area (Å²) in [7, 11) is 0. The van der Waals surface area contributed by atoms with Gasteiger partial charge in [0, 0.05) is 18.5 Å². The highest BCUT2D eigenvalue weighted by Crippen LogP contribution is 2.12. The summed E-state index contributed by atoms with van der Waals surface area (Å²) in [6.45, 7) is 9.26. The Bertz CT molecular complexity index is 297. The van der Waals surface area contributed by atoms with Crippen molar-refractivity contribution in [2.45, 2.75) is 33.8 Å². The van der Waals surface area contributed by atoms with Gasteiger partial charge in [0.25, 0.3) is 0 Å². The number of amides is 2. The van der Waals surface area contributed by atoms with Gasteiger partial charge >= 0.3 is 0 Å². The minimum atomic E-state index is -0.460. The highest BCUT2D eigenvalue weighted by Gasteiger charge is 2.24. The van der Waals surface area contributed by atoms with Crippen LogP contribution in [0.5, 0.6) is 0 Å². The van der Waals surface area contributed by atoms with Crippen LogP contribution in [0.4, 0.5) is 0 Å². The summed E-state index contributed by atoms with van der Waals surface area (Å²) in [4.78, 5) is 25.2. The molecule has 0 aromatic heterocycles. The van der Waals surface area contributed by atoms with E-state index in [1.54, 1.807) is 4.90 Å². The third kappa shape index (κ3) is 4.34. The molecule has 0 bridgehead atoms. The van der Waals surface area contributed by atoms with Crippen LogP contribution in [0, 0.1) is 5.41 Å². The van der Waals surface area contributed by atoms with Gasteiger partial charge < -0.3 is 15.0 Å². The van der Waals surface area contributed by atoms with E-state index in [-0.39, 0.29) is 24.5 Å². The second-order valence-electron chi connectivity index (χ2n) is 5.45. The first kappa shape index (κ1) is 14.0. The van der Waals surface area contributed by atoms with Crippen LogP contribution in [0.25, 0.3) is 0 Å². The molecule has 1 atom stereocenters. The van der Waals surface area contributed by atoms with Crippen molar-refractivity contribution in [1.82, 2.24) is 10.2 Å². The average Bonchev–Trinajstić information content (AvgIpc) is 2.24. The molecule has 1 aliphatic heterocycles. The summed E-state index contributed by atoms with van der Waals surface area (Å²) < 4.78 is 5.36. The summed E-state index contributed by atoms with van der Waals surface area (Å²) in [6, 6.07) is 0.